The van der Waals surface area contributed by atoms with Gasteiger partial charge in [-0.1, -0.05) is 12.1 Å². The zero-order valence-electron chi connectivity index (χ0n) is 14.1. The van der Waals surface area contributed by atoms with Crippen molar-refractivity contribution in [2.45, 2.75) is 19.8 Å². The van der Waals surface area contributed by atoms with Crippen LogP contribution in [0.15, 0.2) is 24.3 Å². The fourth-order valence-corrected chi connectivity index (χ4v) is 3.25. The Morgan fingerprint density at radius 1 is 1.16 bits per heavy atom. The topological polar surface area (TPSA) is 84.0 Å². The van der Waals surface area contributed by atoms with E-state index in [1.165, 1.54) is 6.92 Å². The van der Waals surface area contributed by atoms with Gasteiger partial charge >= 0.3 is 5.97 Å². The van der Waals surface area contributed by atoms with Crippen molar-refractivity contribution in [3.63, 3.8) is 0 Å². The first-order valence-electron chi connectivity index (χ1n) is 8.36. The molecule has 132 valence electrons. The standard InChI is InChI=1S/C18H20N2O5/c1-12(21)19-8-4-5-13(11-19)18(24)25-10-9-20-16(22)14-6-2-3-7-15(14)17(20)23/h2-3,6-7,13H,4-5,8-11H2,1H3. The molecule has 0 aromatic heterocycles. The van der Waals surface area contributed by atoms with Crippen LogP contribution in [-0.4, -0.2) is 59.7 Å². The van der Waals surface area contributed by atoms with E-state index in [0.717, 1.165) is 11.3 Å². The van der Waals surface area contributed by atoms with Crippen molar-refractivity contribution in [1.29, 1.82) is 0 Å². The summed E-state index contributed by atoms with van der Waals surface area (Å²) < 4.78 is 5.24. The van der Waals surface area contributed by atoms with E-state index < -0.39 is 0 Å². The Morgan fingerprint density at radius 3 is 2.40 bits per heavy atom. The van der Waals surface area contributed by atoms with Crippen molar-refractivity contribution in [1.82, 2.24) is 9.80 Å². The highest BCUT2D eigenvalue weighted by molar-refractivity contribution is 6.21. The smallest absolute Gasteiger partial charge is 0.310 e. The van der Waals surface area contributed by atoms with Gasteiger partial charge in [0.1, 0.15) is 6.61 Å². The van der Waals surface area contributed by atoms with Crippen LogP contribution in [0.1, 0.15) is 40.5 Å². The zero-order chi connectivity index (χ0) is 18.0. The van der Waals surface area contributed by atoms with Crippen molar-refractivity contribution in [2.24, 2.45) is 5.92 Å². The van der Waals surface area contributed by atoms with Crippen LogP contribution in [0.5, 0.6) is 0 Å². The van der Waals surface area contributed by atoms with Crippen molar-refractivity contribution < 1.29 is 23.9 Å². The van der Waals surface area contributed by atoms with E-state index in [-0.39, 0.29) is 42.8 Å². The number of carbonyl (C=O) groups excluding carboxylic acids is 4. The summed E-state index contributed by atoms with van der Waals surface area (Å²) in [6.07, 6.45) is 1.44. The fourth-order valence-electron chi connectivity index (χ4n) is 3.25. The van der Waals surface area contributed by atoms with Gasteiger partial charge in [-0.25, -0.2) is 0 Å². The van der Waals surface area contributed by atoms with Crippen LogP contribution in [-0.2, 0) is 14.3 Å². The summed E-state index contributed by atoms with van der Waals surface area (Å²) in [5, 5.41) is 0. The Morgan fingerprint density at radius 2 is 1.80 bits per heavy atom. The lowest BCUT2D eigenvalue weighted by Gasteiger charge is -2.30. The van der Waals surface area contributed by atoms with Crippen LogP contribution >= 0.6 is 0 Å². The zero-order valence-corrected chi connectivity index (χ0v) is 14.1. The second kappa shape index (κ2) is 7.04. The Kier molecular flexibility index (Phi) is 4.83. The largest absolute Gasteiger partial charge is 0.464 e. The van der Waals surface area contributed by atoms with Gasteiger partial charge in [-0.2, -0.15) is 0 Å². The van der Waals surface area contributed by atoms with E-state index in [1.807, 2.05) is 0 Å². The van der Waals surface area contributed by atoms with Crippen molar-refractivity contribution >= 4 is 23.7 Å². The predicted molar refractivity (Wildman–Crippen MR) is 87.7 cm³/mol. The van der Waals surface area contributed by atoms with E-state index in [4.69, 9.17) is 4.74 Å². The molecule has 2 aliphatic rings. The number of rotatable bonds is 4. The van der Waals surface area contributed by atoms with Crippen LogP contribution in [0.4, 0.5) is 0 Å². The lowest BCUT2D eigenvalue weighted by atomic mass is 9.98. The molecule has 1 aromatic rings. The monoisotopic (exact) mass is 344 g/mol. The minimum absolute atomic E-state index is 0.0290. The number of benzene rings is 1. The van der Waals surface area contributed by atoms with E-state index in [9.17, 15) is 19.2 Å². The first kappa shape index (κ1) is 17.1. The molecule has 1 saturated heterocycles. The summed E-state index contributed by atoms with van der Waals surface area (Å²) in [6, 6.07) is 6.63. The average molecular weight is 344 g/mol. The summed E-state index contributed by atoms with van der Waals surface area (Å²) in [4.78, 5) is 50.8. The number of imide groups is 1. The summed E-state index contributed by atoms with van der Waals surface area (Å²) in [5.74, 6) is -1.51. The molecule has 0 saturated carbocycles. The van der Waals surface area contributed by atoms with Gasteiger partial charge in [0.05, 0.1) is 23.6 Å². The number of carbonyl (C=O) groups is 4. The minimum atomic E-state index is -0.387. The maximum absolute atomic E-state index is 12.2. The molecule has 7 nitrogen and oxygen atoms in total. The third kappa shape index (κ3) is 3.40. The van der Waals surface area contributed by atoms with Crippen molar-refractivity contribution in [3.8, 4) is 0 Å². The summed E-state index contributed by atoms with van der Waals surface area (Å²) in [7, 11) is 0. The van der Waals surface area contributed by atoms with Gasteiger partial charge in [0.15, 0.2) is 0 Å². The highest BCUT2D eigenvalue weighted by atomic mass is 16.5. The molecule has 3 rings (SSSR count). The molecule has 0 bridgehead atoms. The van der Waals surface area contributed by atoms with Crippen LogP contribution < -0.4 is 0 Å². The summed E-state index contributed by atoms with van der Waals surface area (Å²) in [5.41, 5.74) is 0.756. The molecule has 1 aromatic carbocycles. The van der Waals surface area contributed by atoms with Crippen LogP contribution in [0.3, 0.4) is 0 Å². The normalized spacial score (nSPS) is 19.8. The number of esters is 1. The van der Waals surface area contributed by atoms with Crippen LogP contribution in [0, 0.1) is 5.92 Å². The van der Waals surface area contributed by atoms with Gasteiger partial charge in [0.25, 0.3) is 11.8 Å². The van der Waals surface area contributed by atoms with E-state index >= 15 is 0 Å². The van der Waals surface area contributed by atoms with Gasteiger partial charge < -0.3 is 9.64 Å². The maximum atomic E-state index is 12.2. The second-order valence-corrected chi connectivity index (χ2v) is 6.28. The number of hydrogen-bond donors (Lipinski definition) is 0. The van der Waals surface area contributed by atoms with E-state index in [2.05, 4.69) is 0 Å². The van der Waals surface area contributed by atoms with Gasteiger partial charge in [0, 0.05) is 20.0 Å². The quantitative estimate of drug-likeness (QED) is 0.603. The van der Waals surface area contributed by atoms with Crippen molar-refractivity contribution in [2.75, 3.05) is 26.2 Å². The Labute approximate surface area is 145 Å². The number of hydrogen-bond acceptors (Lipinski definition) is 5. The SMILES string of the molecule is CC(=O)N1CCCC(C(=O)OCCN2C(=O)c3ccccc3C2=O)C1. The third-order valence-electron chi connectivity index (χ3n) is 4.64. The molecule has 3 amide bonds. The maximum Gasteiger partial charge on any atom is 0.310 e. The molecular formula is C18H20N2O5. The second-order valence-electron chi connectivity index (χ2n) is 6.28. The lowest BCUT2D eigenvalue weighted by molar-refractivity contribution is -0.151. The highest BCUT2D eigenvalue weighted by Gasteiger charge is 2.35. The number of fused-ring (bicyclic) bond motifs is 1. The molecule has 0 radical (unpaired) electrons. The Hall–Kier alpha value is -2.70. The number of ether oxygens (including phenoxy) is 1. The fraction of sp³-hybridized carbons (Fsp3) is 0.444. The number of amides is 3. The van der Waals surface area contributed by atoms with Crippen molar-refractivity contribution in [3.05, 3.63) is 35.4 Å². The highest BCUT2D eigenvalue weighted by Crippen LogP contribution is 2.22. The molecular weight excluding hydrogens is 324 g/mol. The molecule has 25 heavy (non-hydrogen) atoms. The van der Waals surface area contributed by atoms with Gasteiger partial charge in [-0.15, -0.1) is 0 Å². The van der Waals surface area contributed by atoms with E-state index in [1.54, 1.807) is 29.2 Å². The molecule has 1 unspecified atom stereocenters. The predicted octanol–water partition coefficient (Wildman–Crippen LogP) is 1.08. The Balaban J connectivity index is 1.52. The summed E-state index contributed by atoms with van der Waals surface area (Å²) >= 11 is 0. The number of piperidine rings is 1. The van der Waals surface area contributed by atoms with Gasteiger partial charge in [0.2, 0.25) is 5.91 Å². The third-order valence-corrected chi connectivity index (χ3v) is 4.64. The molecule has 7 heteroatoms. The molecule has 0 aliphatic carbocycles. The first-order valence-corrected chi connectivity index (χ1v) is 8.36. The lowest BCUT2D eigenvalue weighted by Crippen LogP contribution is -2.42. The van der Waals surface area contributed by atoms with Gasteiger partial charge in [-0.3, -0.25) is 24.1 Å². The molecule has 0 N–H and O–H groups in total. The number of likely N-dealkylation sites (tertiary alicyclic amines) is 1. The first-order chi connectivity index (χ1) is 12.0. The minimum Gasteiger partial charge on any atom is -0.464 e. The van der Waals surface area contributed by atoms with Gasteiger partial charge in [-0.05, 0) is 25.0 Å². The average Bonchev–Trinajstić information content (AvgIpc) is 2.87. The molecule has 2 aliphatic heterocycles. The molecule has 2 heterocycles. The molecule has 0 spiro atoms. The Bertz CT molecular complexity index is 695. The molecule has 1 atom stereocenters. The number of nitrogens with zero attached hydrogens (tertiary/aromatic N) is 2. The van der Waals surface area contributed by atoms with Crippen LogP contribution in [0.2, 0.25) is 0 Å². The molecule has 1 fully saturated rings. The van der Waals surface area contributed by atoms with E-state index in [0.29, 0.717) is 30.6 Å². The summed E-state index contributed by atoms with van der Waals surface area (Å²) in [6.45, 7) is 2.49. The van der Waals surface area contributed by atoms with Crippen LogP contribution in [0.25, 0.3) is 0 Å².